The molecule has 0 aromatic heterocycles. The van der Waals surface area contributed by atoms with E-state index in [0.29, 0.717) is 5.56 Å². The average Bonchev–Trinajstić information content (AvgIpc) is 2.24. The van der Waals surface area contributed by atoms with E-state index in [0.717, 1.165) is 0 Å². The lowest BCUT2D eigenvalue weighted by Gasteiger charge is -2.16. The average molecular weight is 214 g/mol. The Balaban J connectivity index is 3.47. The molecular formula is C7H14N6O2. The number of nitrogens with two attached hydrogens (primary N) is 6. The first-order chi connectivity index (χ1) is 7.04. The Bertz CT molecular complexity index is 380. The Kier molecular flexibility index (Phi) is 3.04. The summed E-state index contributed by atoms with van der Waals surface area (Å²) in [6, 6.07) is 0. The van der Waals surface area contributed by atoms with Gasteiger partial charge in [-0.1, -0.05) is 0 Å². The summed E-state index contributed by atoms with van der Waals surface area (Å²) < 4.78 is 0. The summed E-state index contributed by atoms with van der Waals surface area (Å²) in [6.07, 6.45) is 0. The lowest BCUT2D eigenvalue weighted by molar-refractivity contribution is 0.122. The fraction of sp³-hybridized carbons (Fsp3) is 0.143. The van der Waals surface area contributed by atoms with Crippen molar-refractivity contribution in [3.05, 3.63) is 5.56 Å². The van der Waals surface area contributed by atoms with E-state index < -0.39 is 0 Å². The fourth-order valence-electron chi connectivity index (χ4n) is 1.22. The van der Waals surface area contributed by atoms with Crippen LogP contribution in [0.5, 0.6) is 5.75 Å². The third-order valence-electron chi connectivity index (χ3n) is 2.06. The molecule has 0 saturated heterocycles. The lowest BCUT2D eigenvalue weighted by Crippen LogP contribution is -2.15. The van der Waals surface area contributed by atoms with Gasteiger partial charge < -0.3 is 27.8 Å². The monoisotopic (exact) mass is 214 g/mol. The molecule has 0 radical (unpaired) electrons. The van der Waals surface area contributed by atoms with Gasteiger partial charge in [0.25, 0.3) is 0 Å². The van der Waals surface area contributed by atoms with Gasteiger partial charge in [-0.05, 0) is 0 Å². The van der Waals surface area contributed by atoms with Crippen molar-refractivity contribution in [2.24, 2.45) is 11.8 Å². The van der Waals surface area contributed by atoms with Crippen molar-refractivity contribution in [2.45, 2.75) is 6.61 Å². The summed E-state index contributed by atoms with van der Waals surface area (Å²) in [6.45, 7) is -0.0347. The zero-order valence-corrected chi connectivity index (χ0v) is 7.99. The number of nitrogen functional groups attached to an aromatic ring is 4. The highest BCUT2D eigenvalue weighted by molar-refractivity contribution is 5.92. The SMILES string of the molecule is NOCc1c(N)c(N)c(N)c(N)c1ON. The highest BCUT2D eigenvalue weighted by Crippen LogP contribution is 2.41. The van der Waals surface area contributed by atoms with E-state index >= 15 is 0 Å². The number of anilines is 4. The van der Waals surface area contributed by atoms with Crippen LogP contribution in [0.3, 0.4) is 0 Å². The van der Waals surface area contributed by atoms with Gasteiger partial charge in [0, 0.05) is 0 Å². The quantitative estimate of drug-likeness (QED) is 0.264. The number of rotatable bonds is 3. The van der Waals surface area contributed by atoms with E-state index in [1.165, 1.54) is 0 Å². The van der Waals surface area contributed by atoms with Crippen molar-refractivity contribution in [2.75, 3.05) is 22.9 Å². The largest absolute Gasteiger partial charge is 0.409 e. The topological polar surface area (TPSA) is 175 Å². The normalized spacial score (nSPS) is 10.3. The van der Waals surface area contributed by atoms with Crippen molar-refractivity contribution < 1.29 is 9.68 Å². The highest BCUT2D eigenvalue weighted by Gasteiger charge is 2.19. The molecule has 1 aromatic rings. The van der Waals surface area contributed by atoms with Gasteiger partial charge in [-0.2, -0.15) is 5.90 Å². The van der Waals surface area contributed by atoms with E-state index in [2.05, 4.69) is 9.68 Å². The summed E-state index contributed by atoms with van der Waals surface area (Å²) in [4.78, 5) is 9.00. The molecule has 0 atom stereocenters. The summed E-state index contributed by atoms with van der Waals surface area (Å²) in [7, 11) is 0. The van der Waals surface area contributed by atoms with Gasteiger partial charge in [0.1, 0.15) is 5.69 Å². The van der Waals surface area contributed by atoms with Crippen LogP contribution >= 0.6 is 0 Å². The Morgan fingerprint density at radius 1 is 0.800 bits per heavy atom. The van der Waals surface area contributed by atoms with Crippen LogP contribution in [0.2, 0.25) is 0 Å². The van der Waals surface area contributed by atoms with Gasteiger partial charge in [-0.15, -0.1) is 0 Å². The Hall–Kier alpha value is -1.90. The molecular weight excluding hydrogens is 200 g/mol. The number of hydrogen-bond acceptors (Lipinski definition) is 8. The molecule has 0 heterocycles. The third kappa shape index (κ3) is 1.68. The molecule has 1 rings (SSSR count). The first-order valence-corrected chi connectivity index (χ1v) is 3.97. The molecule has 0 spiro atoms. The standard InChI is InChI=1S/C7H14N6O2/c8-3-2(1-14-12)7(15-13)6(11)5(10)4(3)9/h1,8-13H2. The smallest absolute Gasteiger partial charge is 0.179 e. The molecule has 8 heteroatoms. The van der Waals surface area contributed by atoms with Crippen molar-refractivity contribution >= 4 is 22.7 Å². The Morgan fingerprint density at radius 2 is 1.33 bits per heavy atom. The molecule has 0 saturated carbocycles. The van der Waals surface area contributed by atoms with Crippen LogP contribution in [-0.4, -0.2) is 0 Å². The Morgan fingerprint density at radius 3 is 1.80 bits per heavy atom. The van der Waals surface area contributed by atoms with Crippen LogP contribution in [0, 0.1) is 0 Å². The van der Waals surface area contributed by atoms with E-state index in [9.17, 15) is 0 Å². The first-order valence-electron chi connectivity index (χ1n) is 3.97. The zero-order valence-electron chi connectivity index (χ0n) is 7.99. The minimum Gasteiger partial charge on any atom is -0.409 e. The molecule has 8 nitrogen and oxygen atoms in total. The fourth-order valence-corrected chi connectivity index (χ4v) is 1.22. The minimum atomic E-state index is -0.0347. The molecule has 0 amide bonds. The maximum Gasteiger partial charge on any atom is 0.179 e. The second kappa shape index (κ2) is 4.09. The number of benzene rings is 1. The molecule has 0 fully saturated rings. The highest BCUT2D eigenvalue weighted by atomic mass is 16.6. The van der Waals surface area contributed by atoms with Crippen LogP contribution in [0.25, 0.3) is 0 Å². The molecule has 15 heavy (non-hydrogen) atoms. The molecule has 12 N–H and O–H groups in total. The van der Waals surface area contributed by atoms with Gasteiger partial charge in [-0.25, -0.2) is 5.90 Å². The van der Waals surface area contributed by atoms with E-state index in [1.807, 2.05) is 0 Å². The van der Waals surface area contributed by atoms with Gasteiger partial charge in [0.2, 0.25) is 0 Å². The van der Waals surface area contributed by atoms with Crippen LogP contribution < -0.4 is 39.6 Å². The summed E-state index contributed by atoms with van der Waals surface area (Å²) in [5, 5.41) is 0. The van der Waals surface area contributed by atoms with Crippen LogP contribution in [0.15, 0.2) is 0 Å². The third-order valence-corrected chi connectivity index (χ3v) is 2.06. The molecule has 0 aliphatic carbocycles. The van der Waals surface area contributed by atoms with Crippen LogP contribution in [-0.2, 0) is 11.4 Å². The van der Waals surface area contributed by atoms with E-state index in [4.69, 9.17) is 34.7 Å². The summed E-state index contributed by atoms with van der Waals surface area (Å²) >= 11 is 0. The molecule has 0 bridgehead atoms. The van der Waals surface area contributed by atoms with Gasteiger partial charge in [-0.3, -0.25) is 4.84 Å². The molecule has 84 valence electrons. The van der Waals surface area contributed by atoms with Crippen molar-refractivity contribution in [3.63, 3.8) is 0 Å². The minimum absolute atomic E-state index is 0.0347. The van der Waals surface area contributed by atoms with E-state index in [1.54, 1.807) is 0 Å². The molecule has 1 aromatic carbocycles. The van der Waals surface area contributed by atoms with Crippen molar-refractivity contribution in [3.8, 4) is 5.75 Å². The van der Waals surface area contributed by atoms with Gasteiger partial charge in [0.15, 0.2) is 5.75 Å². The zero-order chi connectivity index (χ0) is 11.6. The first kappa shape index (κ1) is 11.2. The second-order valence-electron chi connectivity index (χ2n) is 2.89. The van der Waals surface area contributed by atoms with E-state index in [-0.39, 0.29) is 35.1 Å². The predicted octanol–water partition coefficient (Wildman–Crippen LogP) is -1.34. The summed E-state index contributed by atoms with van der Waals surface area (Å²) in [5.74, 6) is 10.1. The molecule has 0 unspecified atom stereocenters. The van der Waals surface area contributed by atoms with Crippen molar-refractivity contribution in [1.29, 1.82) is 0 Å². The maximum absolute atomic E-state index is 5.68. The number of hydrogen-bond donors (Lipinski definition) is 6. The van der Waals surface area contributed by atoms with Crippen LogP contribution in [0.4, 0.5) is 22.7 Å². The second-order valence-corrected chi connectivity index (χ2v) is 2.89. The maximum atomic E-state index is 5.68. The summed E-state index contributed by atoms with van der Waals surface area (Å²) in [5.41, 5.74) is 23.4. The lowest BCUT2D eigenvalue weighted by atomic mass is 10.1. The van der Waals surface area contributed by atoms with Gasteiger partial charge >= 0.3 is 0 Å². The Labute approximate surface area is 86.0 Å². The molecule has 0 aliphatic rings. The molecule has 0 aliphatic heterocycles. The van der Waals surface area contributed by atoms with Crippen molar-refractivity contribution in [1.82, 2.24) is 0 Å². The predicted molar refractivity (Wildman–Crippen MR) is 57.9 cm³/mol. The van der Waals surface area contributed by atoms with Crippen LogP contribution in [0.1, 0.15) is 5.56 Å². The van der Waals surface area contributed by atoms with Gasteiger partial charge in [0.05, 0.1) is 29.2 Å².